The van der Waals surface area contributed by atoms with E-state index in [4.69, 9.17) is 27.9 Å². The SMILES string of the molecule is C[C@@H]1CN([C@H](C)CO)C(=O)c2cccc(NS(=O)(=O)c3ccccc3)c2O[C@@H]1CN(C)Cc1ccc(Cl)c(Cl)c1. The summed E-state index contributed by atoms with van der Waals surface area (Å²) in [5.41, 5.74) is 1.35. The Bertz CT molecular complexity index is 1460. The molecule has 40 heavy (non-hydrogen) atoms. The fourth-order valence-electron chi connectivity index (χ4n) is 4.67. The van der Waals surface area contributed by atoms with Gasteiger partial charge in [0.25, 0.3) is 15.9 Å². The van der Waals surface area contributed by atoms with Gasteiger partial charge in [-0.1, -0.05) is 60.5 Å². The Balaban J connectivity index is 1.70. The molecular formula is C29H33Cl2N3O5S. The van der Waals surface area contributed by atoms with Crippen molar-refractivity contribution in [3.8, 4) is 5.75 Å². The lowest BCUT2D eigenvalue weighted by molar-refractivity contribution is 0.0344. The highest BCUT2D eigenvalue weighted by atomic mass is 35.5. The van der Waals surface area contributed by atoms with Crippen LogP contribution in [0.4, 0.5) is 5.69 Å². The highest BCUT2D eigenvalue weighted by Crippen LogP contribution is 2.36. The van der Waals surface area contributed by atoms with Crippen LogP contribution >= 0.6 is 23.2 Å². The van der Waals surface area contributed by atoms with Crippen molar-refractivity contribution in [2.75, 3.05) is 31.5 Å². The van der Waals surface area contributed by atoms with Gasteiger partial charge in [-0.05, 0) is 55.9 Å². The van der Waals surface area contributed by atoms with Crippen molar-refractivity contribution in [2.24, 2.45) is 5.92 Å². The Morgan fingerprint density at radius 2 is 1.82 bits per heavy atom. The van der Waals surface area contributed by atoms with Crippen LogP contribution in [0.15, 0.2) is 71.6 Å². The second kappa shape index (κ2) is 12.8. The lowest BCUT2D eigenvalue weighted by atomic mass is 9.99. The predicted octanol–water partition coefficient (Wildman–Crippen LogP) is 5.15. The quantitative estimate of drug-likeness (QED) is 0.350. The standard InChI is InChI=1S/C29H33Cl2N3O5S/c1-19-15-34(20(2)18-35)29(36)23-10-7-11-26(32-40(37,38)22-8-5-4-6-9-22)28(23)39-27(19)17-33(3)16-21-12-13-24(30)25(31)14-21/h4-14,19-20,27,32,35H,15-18H2,1-3H3/t19-,20-,27-/m1/s1. The number of aliphatic hydroxyl groups excluding tert-OH is 1. The number of anilines is 1. The largest absolute Gasteiger partial charge is 0.486 e. The maximum Gasteiger partial charge on any atom is 0.262 e. The van der Waals surface area contributed by atoms with Crippen molar-refractivity contribution in [1.82, 2.24) is 9.80 Å². The van der Waals surface area contributed by atoms with Gasteiger partial charge in [0, 0.05) is 25.6 Å². The zero-order valence-electron chi connectivity index (χ0n) is 22.6. The highest BCUT2D eigenvalue weighted by Gasteiger charge is 2.35. The predicted molar refractivity (Wildman–Crippen MR) is 158 cm³/mol. The van der Waals surface area contributed by atoms with Crippen LogP contribution in [0.5, 0.6) is 5.75 Å². The average molecular weight is 607 g/mol. The molecule has 0 saturated carbocycles. The van der Waals surface area contributed by atoms with Crippen molar-refractivity contribution in [3.63, 3.8) is 0 Å². The van der Waals surface area contributed by atoms with Gasteiger partial charge in [0.15, 0.2) is 5.75 Å². The number of rotatable bonds is 9. The number of nitrogens with zero attached hydrogens (tertiary/aromatic N) is 2. The fourth-order valence-corrected chi connectivity index (χ4v) is 6.07. The van der Waals surface area contributed by atoms with E-state index in [1.165, 1.54) is 12.1 Å². The monoisotopic (exact) mass is 605 g/mol. The molecule has 0 radical (unpaired) electrons. The summed E-state index contributed by atoms with van der Waals surface area (Å²) in [5.74, 6) is -0.338. The summed E-state index contributed by atoms with van der Waals surface area (Å²) >= 11 is 12.3. The fraction of sp³-hybridized carbons (Fsp3) is 0.345. The van der Waals surface area contributed by atoms with Gasteiger partial charge in [0.2, 0.25) is 0 Å². The molecule has 0 unspecified atom stereocenters. The zero-order valence-corrected chi connectivity index (χ0v) is 24.9. The first-order valence-corrected chi connectivity index (χ1v) is 15.2. The molecule has 3 aromatic carbocycles. The minimum Gasteiger partial charge on any atom is -0.486 e. The number of halogens is 2. The summed E-state index contributed by atoms with van der Waals surface area (Å²) in [6.45, 7) is 4.93. The average Bonchev–Trinajstić information content (AvgIpc) is 2.93. The Kier molecular flexibility index (Phi) is 9.64. The van der Waals surface area contributed by atoms with Gasteiger partial charge in [0.1, 0.15) is 6.10 Å². The summed E-state index contributed by atoms with van der Waals surface area (Å²) in [6, 6.07) is 17.8. The molecule has 0 aliphatic carbocycles. The van der Waals surface area contributed by atoms with Crippen molar-refractivity contribution in [3.05, 3.63) is 87.9 Å². The number of carbonyl (C=O) groups excluding carboxylic acids is 1. The van der Waals surface area contributed by atoms with E-state index in [1.807, 2.05) is 26.1 Å². The number of fused-ring (bicyclic) bond motifs is 1. The number of hydrogen-bond donors (Lipinski definition) is 2. The van der Waals surface area contributed by atoms with E-state index in [0.717, 1.165) is 5.56 Å². The molecule has 2 N–H and O–H groups in total. The number of carbonyl (C=O) groups is 1. The molecule has 214 valence electrons. The number of likely N-dealkylation sites (N-methyl/N-ethyl adjacent to an activating group) is 1. The van der Waals surface area contributed by atoms with Gasteiger partial charge >= 0.3 is 0 Å². The molecule has 1 heterocycles. The van der Waals surface area contributed by atoms with E-state index < -0.39 is 22.2 Å². The number of amides is 1. The van der Waals surface area contributed by atoms with Crippen LogP contribution in [-0.2, 0) is 16.6 Å². The van der Waals surface area contributed by atoms with Crippen molar-refractivity contribution in [1.29, 1.82) is 0 Å². The molecule has 3 atom stereocenters. The smallest absolute Gasteiger partial charge is 0.262 e. The van der Waals surface area contributed by atoms with Gasteiger partial charge < -0.3 is 14.7 Å². The Hall–Kier alpha value is -2.82. The highest BCUT2D eigenvalue weighted by molar-refractivity contribution is 7.92. The molecule has 0 fully saturated rings. The lowest BCUT2D eigenvalue weighted by Gasteiger charge is -2.38. The van der Waals surface area contributed by atoms with Gasteiger partial charge in [-0.2, -0.15) is 0 Å². The van der Waals surface area contributed by atoms with E-state index in [-0.39, 0.29) is 40.3 Å². The van der Waals surface area contributed by atoms with Crippen LogP contribution in [0.1, 0.15) is 29.8 Å². The molecule has 11 heteroatoms. The maximum atomic E-state index is 13.7. The Morgan fingerprint density at radius 1 is 1.10 bits per heavy atom. The van der Waals surface area contributed by atoms with Crippen molar-refractivity contribution < 1.29 is 23.1 Å². The Labute approximate surface area is 245 Å². The number of aliphatic hydroxyl groups is 1. The number of ether oxygens (including phenoxy) is 1. The summed E-state index contributed by atoms with van der Waals surface area (Å²) in [5, 5.41) is 10.9. The van der Waals surface area contributed by atoms with E-state index >= 15 is 0 Å². The van der Waals surface area contributed by atoms with Crippen LogP contribution in [0.2, 0.25) is 10.0 Å². The third-order valence-corrected chi connectivity index (χ3v) is 9.04. The zero-order chi connectivity index (χ0) is 29.0. The molecule has 8 nitrogen and oxygen atoms in total. The molecule has 0 bridgehead atoms. The lowest BCUT2D eigenvalue weighted by Crippen LogP contribution is -2.49. The third-order valence-electron chi connectivity index (χ3n) is 6.92. The summed E-state index contributed by atoms with van der Waals surface area (Å²) in [7, 11) is -2.00. The normalized spacial score (nSPS) is 18.5. The summed E-state index contributed by atoms with van der Waals surface area (Å²) in [6.07, 6.45) is -0.421. The number of para-hydroxylation sites is 1. The molecular weight excluding hydrogens is 573 g/mol. The molecule has 1 amide bonds. The second-order valence-corrected chi connectivity index (χ2v) is 12.7. The van der Waals surface area contributed by atoms with E-state index in [0.29, 0.717) is 29.7 Å². The number of sulfonamides is 1. The first-order chi connectivity index (χ1) is 19.0. The maximum absolute atomic E-state index is 13.7. The van der Waals surface area contributed by atoms with E-state index in [2.05, 4.69) is 9.62 Å². The van der Waals surface area contributed by atoms with Gasteiger partial charge in [0.05, 0.1) is 38.8 Å². The van der Waals surface area contributed by atoms with Gasteiger partial charge in [-0.25, -0.2) is 8.42 Å². The third kappa shape index (κ3) is 6.90. The summed E-state index contributed by atoms with van der Waals surface area (Å²) in [4.78, 5) is 17.5. The molecule has 0 aromatic heterocycles. The van der Waals surface area contributed by atoms with Crippen LogP contribution in [-0.4, -0.2) is 68.1 Å². The topological polar surface area (TPSA) is 99.2 Å². The van der Waals surface area contributed by atoms with E-state index in [1.54, 1.807) is 54.3 Å². The molecule has 0 saturated heterocycles. The van der Waals surface area contributed by atoms with Crippen LogP contribution in [0.25, 0.3) is 0 Å². The minimum atomic E-state index is -3.95. The van der Waals surface area contributed by atoms with Gasteiger partial charge in [-0.3, -0.25) is 14.4 Å². The van der Waals surface area contributed by atoms with Crippen LogP contribution in [0.3, 0.4) is 0 Å². The van der Waals surface area contributed by atoms with Crippen molar-refractivity contribution >= 4 is 44.8 Å². The van der Waals surface area contributed by atoms with E-state index in [9.17, 15) is 18.3 Å². The van der Waals surface area contributed by atoms with Crippen molar-refractivity contribution in [2.45, 2.75) is 37.4 Å². The number of nitrogens with one attached hydrogen (secondary N) is 1. The first kappa shape index (κ1) is 30.1. The minimum absolute atomic E-state index is 0.0894. The Morgan fingerprint density at radius 3 is 2.50 bits per heavy atom. The van der Waals surface area contributed by atoms with Crippen LogP contribution < -0.4 is 9.46 Å². The van der Waals surface area contributed by atoms with Gasteiger partial charge in [-0.15, -0.1) is 0 Å². The molecule has 4 rings (SSSR count). The van der Waals surface area contributed by atoms with Crippen LogP contribution in [0, 0.1) is 5.92 Å². The molecule has 0 spiro atoms. The first-order valence-electron chi connectivity index (χ1n) is 12.9. The molecule has 1 aliphatic heterocycles. The second-order valence-electron chi connectivity index (χ2n) is 10.2. The molecule has 3 aromatic rings. The molecule has 1 aliphatic rings. The number of hydrogen-bond acceptors (Lipinski definition) is 6. The number of benzene rings is 3. The summed E-state index contributed by atoms with van der Waals surface area (Å²) < 4.78 is 35.5.